The molecule has 0 saturated carbocycles. The predicted molar refractivity (Wildman–Crippen MR) is 151 cm³/mol. The van der Waals surface area contributed by atoms with Crippen molar-refractivity contribution in [2.24, 2.45) is 5.73 Å². The van der Waals surface area contributed by atoms with Gasteiger partial charge < -0.3 is 35.8 Å². The predicted octanol–water partition coefficient (Wildman–Crippen LogP) is 4.08. The van der Waals surface area contributed by atoms with Crippen LogP contribution in [0.2, 0.25) is 0 Å². The molecule has 1 heterocycles. The number of carboxylic acids is 1. The highest BCUT2D eigenvalue weighted by molar-refractivity contribution is 5.99. The third kappa shape index (κ3) is 8.93. The zero-order chi connectivity index (χ0) is 27.9. The number of aliphatic carboxylic acids is 1. The number of nitrogens with zero attached hydrogens (tertiary/aromatic N) is 2. The van der Waals surface area contributed by atoms with Crippen molar-refractivity contribution in [1.82, 2.24) is 15.6 Å². The van der Waals surface area contributed by atoms with Crippen LogP contribution >= 0.6 is 0 Å². The number of aryl methyl sites for hydroxylation is 1. The standard InChI is InChI=1S/C28H45N5O5/c1-5-7-10-18-38-26-23(37-4)19-22(25-24(26)20(6-2)13-16-30-25)33(3)17-11-15-31-28(36)32-21(27(34)35)12-8-9-14-29/h13,16,19,21H,5-12,14-15,17-18,29H2,1-4H3,(H,34,35)(H2,31,32,36)/t21-/m1/s1. The smallest absolute Gasteiger partial charge is 0.326 e. The molecule has 1 aromatic heterocycles. The van der Waals surface area contributed by atoms with Gasteiger partial charge in [-0.05, 0) is 56.7 Å². The van der Waals surface area contributed by atoms with Crippen LogP contribution in [0.25, 0.3) is 10.9 Å². The zero-order valence-corrected chi connectivity index (χ0v) is 23.3. The van der Waals surface area contributed by atoms with E-state index in [1.54, 1.807) is 7.11 Å². The van der Waals surface area contributed by atoms with Crippen LogP contribution in [0.5, 0.6) is 11.5 Å². The number of benzene rings is 1. The molecule has 0 aliphatic heterocycles. The lowest BCUT2D eigenvalue weighted by molar-refractivity contribution is -0.139. The molecule has 2 amide bonds. The van der Waals surface area contributed by atoms with Crippen LogP contribution < -0.4 is 30.7 Å². The van der Waals surface area contributed by atoms with Crippen molar-refractivity contribution in [3.8, 4) is 11.5 Å². The number of nitrogens with two attached hydrogens (primary N) is 1. The molecule has 2 aromatic rings. The number of amides is 2. The number of hydrogen-bond acceptors (Lipinski definition) is 7. The van der Waals surface area contributed by atoms with Gasteiger partial charge in [0.1, 0.15) is 6.04 Å². The van der Waals surface area contributed by atoms with Gasteiger partial charge in [-0.15, -0.1) is 0 Å². The molecule has 10 heteroatoms. The van der Waals surface area contributed by atoms with Crippen LogP contribution in [-0.2, 0) is 11.2 Å². The van der Waals surface area contributed by atoms with E-state index in [2.05, 4.69) is 29.4 Å². The summed E-state index contributed by atoms with van der Waals surface area (Å²) in [5.74, 6) is 0.360. The maximum Gasteiger partial charge on any atom is 0.326 e. The number of urea groups is 1. The fourth-order valence-corrected chi connectivity index (χ4v) is 4.34. The number of carboxylic acid groups (broad SMARTS) is 1. The minimum atomic E-state index is -1.05. The quantitative estimate of drug-likeness (QED) is 0.211. The van der Waals surface area contributed by atoms with E-state index < -0.39 is 18.0 Å². The average molecular weight is 532 g/mol. The Balaban J connectivity index is 2.08. The van der Waals surface area contributed by atoms with Crippen molar-refractivity contribution in [3.63, 3.8) is 0 Å². The molecule has 0 radical (unpaired) electrons. The number of carbonyl (C=O) groups excluding carboxylic acids is 1. The van der Waals surface area contributed by atoms with Crippen LogP contribution in [0.3, 0.4) is 0 Å². The molecule has 10 nitrogen and oxygen atoms in total. The lowest BCUT2D eigenvalue weighted by Crippen LogP contribution is -2.46. The SMILES string of the molecule is CCCCCOc1c(OC)cc(N(C)CCCNC(=O)N[C@H](CCCCN)C(=O)O)c2nccc(CC)c12. The summed E-state index contributed by atoms with van der Waals surface area (Å²) in [4.78, 5) is 30.4. The van der Waals surface area contributed by atoms with Gasteiger partial charge in [0.25, 0.3) is 0 Å². The molecule has 0 aliphatic carbocycles. The molecule has 2 rings (SSSR count). The molecular formula is C28H45N5O5. The Morgan fingerprint density at radius 1 is 1.18 bits per heavy atom. The van der Waals surface area contributed by atoms with E-state index in [9.17, 15) is 14.7 Å². The first-order valence-corrected chi connectivity index (χ1v) is 13.7. The highest BCUT2D eigenvalue weighted by Crippen LogP contribution is 2.42. The van der Waals surface area contributed by atoms with Gasteiger partial charge in [-0.3, -0.25) is 4.98 Å². The highest BCUT2D eigenvalue weighted by Gasteiger charge is 2.21. The number of pyridine rings is 1. The summed E-state index contributed by atoms with van der Waals surface area (Å²) < 4.78 is 12.0. The first-order chi connectivity index (χ1) is 18.4. The van der Waals surface area contributed by atoms with Gasteiger partial charge in [0.15, 0.2) is 11.5 Å². The third-order valence-electron chi connectivity index (χ3n) is 6.51. The first kappa shape index (κ1) is 31.0. The fourth-order valence-electron chi connectivity index (χ4n) is 4.34. The number of fused-ring (bicyclic) bond motifs is 1. The summed E-state index contributed by atoms with van der Waals surface area (Å²) in [6.07, 6.45) is 8.24. The van der Waals surface area contributed by atoms with Crippen molar-refractivity contribution in [3.05, 3.63) is 23.9 Å². The van der Waals surface area contributed by atoms with E-state index >= 15 is 0 Å². The van der Waals surface area contributed by atoms with E-state index in [-0.39, 0.29) is 0 Å². The number of ether oxygens (including phenoxy) is 2. The zero-order valence-electron chi connectivity index (χ0n) is 23.3. The molecule has 1 atom stereocenters. The van der Waals surface area contributed by atoms with Gasteiger partial charge in [-0.2, -0.15) is 0 Å². The second-order valence-electron chi connectivity index (χ2n) is 9.38. The number of methoxy groups -OCH3 is 1. The lowest BCUT2D eigenvalue weighted by atomic mass is 10.0. The molecule has 0 fully saturated rings. The Morgan fingerprint density at radius 3 is 2.63 bits per heavy atom. The Hall–Kier alpha value is -3.27. The van der Waals surface area contributed by atoms with E-state index in [0.717, 1.165) is 60.0 Å². The van der Waals surface area contributed by atoms with Crippen LogP contribution in [0.4, 0.5) is 10.5 Å². The number of aromatic nitrogens is 1. The van der Waals surface area contributed by atoms with E-state index in [4.69, 9.17) is 20.2 Å². The van der Waals surface area contributed by atoms with Crippen molar-refractivity contribution in [2.45, 2.75) is 71.3 Å². The molecule has 5 N–H and O–H groups in total. The molecule has 0 saturated heterocycles. The third-order valence-corrected chi connectivity index (χ3v) is 6.51. The second-order valence-corrected chi connectivity index (χ2v) is 9.38. The van der Waals surface area contributed by atoms with Crippen molar-refractivity contribution in [1.29, 1.82) is 0 Å². The highest BCUT2D eigenvalue weighted by atomic mass is 16.5. The molecule has 38 heavy (non-hydrogen) atoms. The Kier molecular flexibility index (Phi) is 13.5. The Morgan fingerprint density at radius 2 is 1.97 bits per heavy atom. The number of nitrogens with one attached hydrogen (secondary N) is 2. The maximum absolute atomic E-state index is 12.2. The lowest BCUT2D eigenvalue weighted by Gasteiger charge is -2.24. The van der Waals surface area contributed by atoms with Gasteiger partial charge in [-0.1, -0.05) is 26.7 Å². The molecule has 212 valence electrons. The monoisotopic (exact) mass is 531 g/mol. The molecule has 0 unspecified atom stereocenters. The molecule has 0 aliphatic rings. The summed E-state index contributed by atoms with van der Waals surface area (Å²) in [7, 11) is 3.63. The average Bonchev–Trinajstić information content (AvgIpc) is 2.92. The second kappa shape index (κ2) is 16.5. The van der Waals surface area contributed by atoms with Crippen molar-refractivity contribution >= 4 is 28.6 Å². The van der Waals surface area contributed by atoms with E-state index in [1.165, 1.54) is 0 Å². The first-order valence-electron chi connectivity index (χ1n) is 13.7. The van der Waals surface area contributed by atoms with Gasteiger partial charge in [-0.25, -0.2) is 9.59 Å². The molecule has 1 aromatic carbocycles. The van der Waals surface area contributed by atoms with Crippen LogP contribution in [-0.4, -0.2) is 68.5 Å². The Bertz CT molecular complexity index is 1030. The largest absolute Gasteiger partial charge is 0.493 e. The summed E-state index contributed by atoms with van der Waals surface area (Å²) in [6, 6.07) is 2.57. The van der Waals surface area contributed by atoms with E-state index in [1.807, 2.05) is 25.4 Å². The number of hydrogen-bond donors (Lipinski definition) is 4. The van der Waals surface area contributed by atoms with Gasteiger partial charge in [0, 0.05) is 32.4 Å². The molecule has 0 bridgehead atoms. The van der Waals surface area contributed by atoms with Crippen molar-refractivity contribution < 1.29 is 24.2 Å². The number of carbonyl (C=O) groups is 2. The number of anilines is 1. The van der Waals surface area contributed by atoms with Gasteiger partial charge in [0.2, 0.25) is 0 Å². The van der Waals surface area contributed by atoms with Crippen LogP contribution in [0.1, 0.15) is 64.4 Å². The maximum atomic E-state index is 12.2. The van der Waals surface area contributed by atoms with Gasteiger partial charge in [0.05, 0.1) is 30.3 Å². The summed E-state index contributed by atoms with van der Waals surface area (Å²) in [5, 5.41) is 15.6. The summed E-state index contributed by atoms with van der Waals surface area (Å²) >= 11 is 0. The topological polar surface area (TPSA) is 139 Å². The number of rotatable bonds is 18. The molecule has 0 spiro atoms. The number of unbranched alkanes of at least 4 members (excludes halogenated alkanes) is 3. The van der Waals surface area contributed by atoms with Crippen LogP contribution in [0.15, 0.2) is 18.3 Å². The van der Waals surface area contributed by atoms with Crippen LogP contribution in [0, 0.1) is 0 Å². The minimum absolute atomic E-state index is 0.350. The summed E-state index contributed by atoms with van der Waals surface area (Å²) in [6.45, 7) is 6.44. The minimum Gasteiger partial charge on any atom is -0.493 e. The van der Waals surface area contributed by atoms with Gasteiger partial charge >= 0.3 is 12.0 Å². The summed E-state index contributed by atoms with van der Waals surface area (Å²) in [5.41, 5.74) is 8.39. The Labute approximate surface area is 226 Å². The molecular weight excluding hydrogens is 486 g/mol. The van der Waals surface area contributed by atoms with E-state index in [0.29, 0.717) is 51.3 Å². The van der Waals surface area contributed by atoms with Crippen molar-refractivity contribution in [2.75, 3.05) is 45.3 Å². The fraction of sp³-hybridized carbons (Fsp3) is 0.607. The normalized spacial score (nSPS) is 11.7.